The highest BCUT2D eigenvalue weighted by atomic mass is 32.1. The van der Waals surface area contributed by atoms with Crippen LogP contribution in [0.1, 0.15) is 38.2 Å². The van der Waals surface area contributed by atoms with Crippen molar-refractivity contribution in [2.24, 2.45) is 7.05 Å². The number of aromatic nitrogens is 2. The minimum absolute atomic E-state index is 0.0637. The molecule has 0 aromatic carbocycles. The number of esters is 1. The Hall–Kier alpha value is -2.95. The van der Waals surface area contributed by atoms with Crippen molar-refractivity contribution in [2.75, 3.05) is 19.0 Å². The Kier molecular flexibility index (Phi) is 4.64. The molecule has 2 N–H and O–H groups in total. The number of H-pyrrole nitrogens is 1. The van der Waals surface area contributed by atoms with Gasteiger partial charge in [-0.2, -0.15) is 0 Å². The molecule has 0 unspecified atom stereocenters. The predicted octanol–water partition coefficient (Wildman–Crippen LogP) is -0.203. The fraction of sp³-hybridized carbons (Fsp3) is 0.400. The number of thiophene rings is 1. The second-order valence-electron chi connectivity index (χ2n) is 5.73. The molecule has 2 aromatic rings. The third-order valence-corrected chi connectivity index (χ3v) is 5.27. The zero-order valence-corrected chi connectivity index (χ0v) is 15.2. The zero-order chi connectivity index (χ0) is 19.0. The monoisotopic (exact) mass is 381 g/mol. The predicted molar refractivity (Wildman–Crippen MR) is 88.9 cm³/mol. The Bertz CT molecular complexity index is 956. The summed E-state index contributed by atoms with van der Waals surface area (Å²) in [6, 6.07) is 0. The molecule has 3 heterocycles. The smallest absolute Gasteiger partial charge is 0.440 e. The second kappa shape index (κ2) is 6.75. The lowest BCUT2D eigenvalue weighted by atomic mass is 10.0. The quantitative estimate of drug-likeness (QED) is 0.560. The molecule has 26 heavy (non-hydrogen) atoms. The number of carbonyl (C=O) groups excluding carboxylic acids is 3. The van der Waals surface area contributed by atoms with Gasteiger partial charge < -0.3 is 15.0 Å². The van der Waals surface area contributed by atoms with Gasteiger partial charge in [-0.05, 0) is 17.3 Å². The van der Waals surface area contributed by atoms with E-state index in [9.17, 15) is 19.2 Å². The number of hydrogen-bond donors (Lipinski definition) is 2. The molecular formula is C15H17N4O6S+. The van der Waals surface area contributed by atoms with Crippen LogP contribution in [0.5, 0.6) is 0 Å². The van der Waals surface area contributed by atoms with E-state index in [1.165, 1.54) is 32.4 Å². The summed E-state index contributed by atoms with van der Waals surface area (Å²) in [6.07, 6.45) is 0.478. The van der Waals surface area contributed by atoms with Crippen molar-refractivity contribution in [3.8, 4) is 0 Å². The molecular weight excluding hydrogens is 364 g/mol. The van der Waals surface area contributed by atoms with Gasteiger partial charge in [0, 0.05) is 18.3 Å². The normalized spacial score (nSPS) is 13.3. The van der Waals surface area contributed by atoms with E-state index in [1.54, 1.807) is 4.90 Å². The highest BCUT2D eigenvalue weighted by Gasteiger charge is 2.33. The number of nitrogens with one attached hydrogen (secondary N) is 2. The molecule has 0 atom stereocenters. The Labute approximate surface area is 151 Å². The molecule has 10 nitrogen and oxygen atoms in total. The number of ether oxygens (including phenoxy) is 1. The van der Waals surface area contributed by atoms with Crippen molar-refractivity contribution in [2.45, 2.75) is 19.9 Å². The molecule has 0 spiro atoms. The summed E-state index contributed by atoms with van der Waals surface area (Å²) >= 11 is 1.19. The van der Waals surface area contributed by atoms with Crippen molar-refractivity contribution < 1.29 is 28.3 Å². The number of aromatic amines is 1. The standard InChI is InChI=1S/C15H16N4O6S/c1-7(20)19-5-4-8-9(6-19)26-13(10(8)14(22)24-3)16-12(21)11-15(23)25-17-18(11)2/h4-6H2,1-3H3,(H-,16,17,21,22,23)/p+1. The van der Waals surface area contributed by atoms with Crippen molar-refractivity contribution in [1.82, 2.24) is 10.2 Å². The number of fused-ring (bicyclic) bond motifs is 1. The molecule has 2 aromatic heterocycles. The van der Waals surface area contributed by atoms with Crippen LogP contribution < -0.4 is 15.6 Å². The van der Waals surface area contributed by atoms with Crippen molar-refractivity contribution in [3.63, 3.8) is 0 Å². The lowest BCUT2D eigenvalue weighted by Gasteiger charge is -2.25. The largest absolute Gasteiger partial charge is 0.465 e. The van der Waals surface area contributed by atoms with E-state index in [-0.39, 0.29) is 22.2 Å². The summed E-state index contributed by atoms with van der Waals surface area (Å²) in [6.45, 7) is 2.32. The van der Waals surface area contributed by atoms with Crippen molar-refractivity contribution in [1.29, 1.82) is 0 Å². The van der Waals surface area contributed by atoms with Crippen molar-refractivity contribution >= 4 is 34.1 Å². The van der Waals surface area contributed by atoms with Crippen LogP contribution in [0.4, 0.5) is 5.00 Å². The third-order valence-electron chi connectivity index (χ3n) is 4.14. The van der Waals surface area contributed by atoms with Crippen LogP contribution in [-0.2, 0) is 29.5 Å². The summed E-state index contributed by atoms with van der Waals surface area (Å²) < 4.78 is 10.5. The maximum absolute atomic E-state index is 12.4. The van der Waals surface area contributed by atoms with Crippen LogP contribution in [0.25, 0.3) is 0 Å². The van der Waals surface area contributed by atoms with E-state index in [2.05, 4.69) is 15.1 Å². The topological polar surface area (TPSA) is 126 Å². The lowest BCUT2D eigenvalue weighted by molar-refractivity contribution is -0.741. The molecule has 0 aliphatic carbocycles. The SMILES string of the molecule is COC(=O)c1c(NC(=O)c2c(=O)o[nH][n+]2C)sc2c1CCN(C(C)=O)C2. The van der Waals surface area contributed by atoms with Gasteiger partial charge in [0.25, 0.3) is 0 Å². The first-order valence-electron chi connectivity index (χ1n) is 7.70. The summed E-state index contributed by atoms with van der Waals surface area (Å²) in [4.78, 5) is 50.4. The molecule has 11 heteroatoms. The van der Waals surface area contributed by atoms with Gasteiger partial charge in [0.05, 0.1) is 19.2 Å². The maximum atomic E-state index is 12.4. The number of anilines is 1. The lowest BCUT2D eigenvalue weighted by Crippen LogP contribution is -2.41. The Morgan fingerprint density at radius 3 is 2.69 bits per heavy atom. The first-order valence-corrected chi connectivity index (χ1v) is 8.52. The van der Waals surface area contributed by atoms with Gasteiger partial charge in [0.1, 0.15) is 5.00 Å². The molecule has 0 saturated heterocycles. The Morgan fingerprint density at radius 2 is 2.12 bits per heavy atom. The van der Waals surface area contributed by atoms with Crippen LogP contribution in [0.2, 0.25) is 0 Å². The van der Waals surface area contributed by atoms with Crippen LogP contribution in [-0.4, -0.2) is 41.6 Å². The number of amides is 2. The Morgan fingerprint density at radius 1 is 1.38 bits per heavy atom. The Balaban J connectivity index is 1.99. The number of aryl methyl sites for hydroxylation is 1. The summed E-state index contributed by atoms with van der Waals surface area (Å²) in [5.41, 5.74) is -0.0574. The van der Waals surface area contributed by atoms with Gasteiger partial charge in [-0.25, -0.2) is 9.59 Å². The van der Waals surface area contributed by atoms with Gasteiger partial charge in [-0.15, -0.1) is 11.3 Å². The highest BCUT2D eigenvalue weighted by Crippen LogP contribution is 2.37. The van der Waals surface area contributed by atoms with Gasteiger partial charge in [-0.3, -0.25) is 14.1 Å². The van der Waals surface area contributed by atoms with Gasteiger partial charge >= 0.3 is 23.2 Å². The number of rotatable bonds is 3. The highest BCUT2D eigenvalue weighted by molar-refractivity contribution is 7.17. The number of methoxy groups -OCH3 is 1. The summed E-state index contributed by atoms with van der Waals surface area (Å²) in [5, 5.41) is 5.12. The molecule has 0 fully saturated rings. The molecule has 1 aliphatic rings. The number of hydrogen-bond acceptors (Lipinski definition) is 7. The van der Waals surface area contributed by atoms with Crippen LogP contribution in [0, 0.1) is 0 Å². The average Bonchev–Trinajstić information content (AvgIpc) is 3.12. The molecule has 3 rings (SSSR count). The van der Waals surface area contributed by atoms with E-state index in [1.807, 2.05) is 0 Å². The molecule has 0 saturated carbocycles. The van der Waals surface area contributed by atoms with Gasteiger partial charge in [0.15, 0.2) is 7.05 Å². The molecule has 138 valence electrons. The first kappa shape index (κ1) is 17.9. The van der Waals surface area contributed by atoms with E-state index in [0.717, 1.165) is 15.1 Å². The summed E-state index contributed by atoms with van der Waals surface area (Å²) in [5.74, 6) is -1.36. The van der Waals surface area contributed by atoms with E-state index in [0.29, 0.717) is 19.5 Å². The zero-order valence-electron chi connectivity index (χ0n) is 14.4. The fourth-order valence-electron chi connectivity index (χ4n) is 2.83. The molecule has 0 radical (unpaired) electrons. The summed E-state index contributed by atoms with van der Waals surface area (Å²) in [7, 11) is 2.70. The fourth-order valence-corrected chi connectivity index (χ4v) is 4.07. The van der Waals surface area contributed by atoms with Crippen LogP contribution in [0.3, 0.4) is 0 Å². The number of carbonyl (C=O) groups is 3. The van der Waals surface area contributed by atoms with Gasteiger partial charge in [0.2, 0.25) is 5.91 Å². The third kappa shape index (κ3) is 3.01. The van der Waals surface area contributed by atoms with Gasteiger partial charge in [-0.1, -0.05) is 4.68 Å². The minimum atomic E-state index is -0.825. The number of nitrogens with zero attached hydrogens (tertiary/aromatic N) is 2. The average molecular weight is 381 g/mol. The van der Waals surface area contributed by atoms with Crippen LogP contribution in [0.15, 0.2) is 9.32 Å². The van der Waals surface area contributed by atoms with E-state index < -0.39 is 17.5 Å². The van der Waals surface area contributed by atoms with Crippen molar-refractivity contribution in [3.05, 3.63) is 32.1 Å². The molecule has 2 amide bonds. The van der Waals surface area contributed by atoms with E-state index >= 15 is 0 Å². The second-order valence-corrected chi connectivity index (χ2v) is 6.84. The first-order chi connectivity index (χ1) is 12.3. The maximum Gasteiger partial charge on any atom is 0.440 e. The minimum Gasteiger partial charge on any atom is -0.465 e. The molecule has 1 aliphatic heterocycles. The van der Waals surface area contributed by atoms with E-state index in [4.69, 9.17) is 4.74 Å². The molecule has 0 bridgehead atoms. The van der Waals surface area contributed by atoms with Crippen LogP contribution >= 0.6 is 11.3 Å².